The number of aliphatic hydroxyl groups excluding tert-OH is 1. The van der Waals surface area contributed by atoms with E-state index < -0.39 is 5.54 Å². The number of ether oxygens (including phenoxy) is 2. The van der Waals surface area contributed by atoms with Gasteiger partial charge in [-0.2, -0.15) is 0 Å². The molecule has 21 heavy (non-hydrogen) atoms. The van der Waals surface area contributed by atoms with Crippen LogP contribution in [0.3, 0.4) is 0 Å². The zero-order valence-electron chi connectivity index (χ0n) is 13.1. The Morgan fingerprint density at radius 1 is 1.05 bits per heavy atom. The highest BCUT2D eigenvalue weighted by atomic mass is 16.5. The molecule has 120 valence electrons. The van der Waals surface area contributed by atoms with Crippen molar-refractivity contribution in [1.82, 2.24) is 4.90 Å². The number of benzene rings is 1. The van der Waals surface area contributed by atoms with Crippen LogP contribution < -0.4 is 5.73 Å². The van der Waals surface area contributed by atoms with E-state index in [2.05, 4.69) is 4.90 Å². The quantitative estimate of drug-likeness (QED) is 0.633. The molecule has 1 aromatic carbocycles. The Labute approximate surface area is 127 Å². The summed E-state index contributed by atoms with van der Waals surface area (Å²) in [6, 6.07) is 9.76. The lowest BCUT2D eigenvalue weighted by atomic mass is 9.88. The molecule has 3 N–H and O–H groups in total. The van der Waals surface area contributed by atoms with E-state index in [1.807, 2.05) is 30.3 Å². The molecule has 0 bridgehead atoms. The molecule has 0 spiro atoms. The second-order valence-electron chi connectivity index (χ2n) is 5.26. The van der Waals surface area contributed by atoms with Gasteiger partial charge in [-0.15, -0.1) is 0 Å². The number of hydrogen-bond donors (Lipinski definition) is 2. The van der Waals surface area contributed by atoms with Crippen molar-refractivity contribution in [3.05, 3.63) is 35.9 Å². The van der Waals surface area contributed by atoms with Crippen LogP contribution >= 0.6 is 0 Å². The molecule has 0 saturated carbocycles. The topological polar surface area (TPSA) is 68.0 Å². The Morgan fingerprint density at radius 3 is 2.10 bits per heavy atom. The van der Waals surface area contributed by atoms with Crippen molar-refractivity contribution in [3.63, 3.8) is 0 Å². The molecule has 0 aliphatic carbocycles. The van der Waals surface area contributed by atoms with Gasteiger partial charge in [0.2, 0.25) is 0 Å². The summed E-state index contributed by atoms with van der Waals surface area (Å²) >= 11 is 0. The maximum Gasteiger partial charge on any atom is 0.0656 e. The molecule has 5 heteroatoms. The molecule has 1 unspecified atom stereocenters. The van der Waals surface area contributed by atoms with E-state index in [0.29, 0.717) is 19.6 Å². The summed E-state index contributed by atoms with van der Waals surface area (Å²) in [4.78, 5) is 2.24. The van der Waals surface area contributed by atoms with Gasteiger partial charge in [-0.1, -0.05) is 30.3 Å². The van der Waals surface area contributed by atoms with Gasteiger partial charge in [-0.3, -0.25) is 4.90 Å². The molecule has 1 atom stereocenters. The molecule has 1 aromatic rings. The average molecular weight is 296 g/mol. The second kappa shape index (κ2) is 9.87. The molecule has 1 rings (SSSR count). The summed E-state index contributed by atoms with van der Waals surface area (Å²) in [5.74, 6) is 0. The van der Waals surface area contributed by atoms with Crippen LogP contribution in [0, 0.1) is 0 Å². The van der Waals surface area contributed by atoms with Crippen molar-refractivity contribution in [2.75, 3.05) is 53.7 Å². The van der Waals surface area contributed by atoms with Crippen molar-refractivity contribution in [1.29, 1.82) is 0 Å². The van der Waals surface area contributed by atoms with Gasteiger partial charge >= 0.3 is 0 Å². The first kappa shape index (κ1) is 18.1. The normalized spacial score (nSPS) is 14.3. The fraction of sp³-hybridized carbons (Fsp3) is 0.625. The van der Waals surface area contributed by atoms with E-state index in [-0.39, 0.29) is 6.61 Å². The number of rotatable bonds is 11. The average Bonchev–Trinajstić information content (AvgIpc) is 2.54. The van der Waals surface area contributed by atoms with Crippen molar-refractivity contribution >= 4 is 0 Å². The number of nitrogens with two attached hydrogens (primary N) is 1. The number of methoxy groups -OCH3 is 2. The van der Waals surface area contributed by atoms with Gasteiger partial charge in [0.05, 0.1) is 25.4 Å². The van der Waals surface area contributed by atoms with Crippen LogP contribution in [0.1, 0.15) is 12.0 Å². The van der Waals surface area contributed by atoms with E-state index in [4.69, 9.17) is 15.2 Å². The Morgan fingerprint density at radius 2 is 1.62 bits per heavy atom. The summed E-state index contributed by atoms with van der Waals surface area (Å²) in [7, 11) is 3.39. The standard InChI is InChI=1S/C16H28N2O3/c1-20-12-10-18(11-13-21-2)9-8-16(17,14-19)15-6-4-3-5-7-15/h3-7,19H,8-14,17H2,1-2H3. The molecular weight excluding hydrogens is 268 g/mol. The lowest BCUT2D eigenvalue weighted by Gasteiger charge is -2.31. The summed E-state index contributed by atoms with van der Waals surface area (Å²) in [6.07, 6.45) is 0.681. The summed E-state index contributed by atoms with van der Waals surface area (Å²) in [5, 5.41) is 9.71. The SMILES string of the molecule is COCCN(CCOC)CCC(N)(CO)c1ccccc1. The van der Waals surface area contributed by atoms with Crippen LogP contribution in [0.15, 0.2) is 30.3 Å². The Bertz CT molecular complexity index is 367. The van der Waals surface area contributed by atoms with Gasteiger partial charge in [0.15, 0.2) is 0 Å². The third-order valence-electron chi connectivity index (χ3n) is 3.73. The van der Waals surface area contributed by atoms with E-state index in [9.17, 15) is 5.11 Å². The third kappa shape index (κ3) is 6.11. The summed E-state index contributed by atoms with van der Waals surface area (Å²) in [6.45, 7) is 3.72. The van der Waals surface area contributed by atoms with Crippen LogP contribution in [0.25, 0.3) is 0 Å². The van der Waals surface area contributed by atoms with Gasteiger partial charge < -0.3 is 20.3 Å². The van der Waals surface area contributed by atoms with E-state index in [1.54, 1.807) is 14.2 Å². The molecule has 0 aromatic heterocycles. The maximum absolute atomic E-state index is 9.71. The zero-order valence-corrected chi connectivity index (χ0v) is 13.1. The molecule has 0 heterocycles. The van der Waals surface area contributed by atoms with Crippen molar-refractivity contribution < 1.29 is 14.6 Å². The second-order valence-corrected chi connectivity index (χ2v) is 5.26. The van der Waals surface area contributed by atoms with Gasteiger partial charge in [0.1, 0.15) is 0 Å². The van der Waals surface area contributed by atoms with Crippen LogP contribution in [0.2, 0.25) is 0 Å². The molecule has 5 nitrogen and oxygen atoms in total. The van der Waals surface area contributed by atoms with Crippen molar-refractivity contribution in [2.45, 2.75) is 12.0 Å². The van der Waals surface area contributed by atoms with Crippen molar-refractivity contribution in [2.24, 2.45) is 5.73 Å². The lowest BCUT2D eigenvalue weighted by Crippen LogP contribution is -2.44. The van der Waals surface area contributed by atoms with Crippen LogP contribution in [0.4, 0.5) is 0 Å². The van der Waals surface area contributed by atoms with Gasteiger partial charge in [-0.25, -0.2) is 0 Å². The Hall–Kier alpha value is -0.980. The Balaban J connectivity index is 2.61. The third-order valence-corrected chi connectivity index (χ3v) is 3.73. The van der Waals surface area contributed by atoms with Crippen molar-refractivity contribution in [3.8, 4) is 0 Å². The van der Waals surface area contributed by atoms with Crippen LogP contribution in [-0.4, -0.2) is 63.7 Å². The molecule has 0 aliphatic heterocycles. The number of nitrogens with zero attached hydrogens (tertiary/aromatic N) is 1. The Kier molecular flexibility index (Phi) is 8.49. The molecule has 0 aliphatic rings. The largest absolute Gasteiger partial charge is 0.394 e. The lowest BCUT2D eigenvalue weighted by molar-refractivity contribution is 0.101. The van der Waals surface area contributed by atoms with Crippen LogP contribution in [0.5, 0.6) is 0 Å². The molecular formula is C16H28N2O3. The fourth-order valence-corrected chi connectivity index (χ4v) is 2.22. The minimum Gasteiger partial charge on any atom is -0.394 e. The van der Waals surface area contributed by atoms with Gasteiger partial charge in [0, 0.05) is 33.9 Å². The zero-order chi connectivity index (χ0) is 15.6. The van der Waals surface area contributed by atoms with E-state index in [1.165, 1.54) is 0 Å². The molecule has 0 fully saturated rings. The maximum atomic E-state index is 9.71. The highest BCUT2D eigenvalue weighted by Crippen LogP contribution is 2.21. The monoisotopic (exact) mass is 296 g/mol. The number of aliphatic hydroxyl groups is 1. The highest BCUT2D eigenvalue weighted by Gasteiger charge is 2.26. The van der Waals surface area contributed by atoms with E-state index in [0.717, 1.165) is 25.2 Å². The number of hydrogen-bond acceptors (Lipinski definition) is 5. The minimum atomic E-state index is -0.709. The van der Waals surface area contributed by atoms with Crippen LogP contribution in [-0.2, 0) is 15.0 Å². The fourth-order valence-electron chi connectivity index (χ4n) is 2.22. The molecule has 0 amide bonds. The summed E-state index contributed by atoms with van der Waals surface area (Å²) < 4.78 is 10.3. The highest BCUT2D eigenvalue weighted by molar-refractivity contribution is 5.24. The van der Waals surface area contributed by atoms with E-state index >= 15 is 0 Å². The predicted octanol–water partition coefficient (Wildman–Crippen LogP) is 0.818. The first-order chi connectivity index (χ1) is 10.2. The first-order valence-corrected chi connectivity index (χ1v) is 7.32. The predicted molar refractivity (Wildman–Crippen MR) is 84.2 cm³/mol. The first-order valence-electron chi connectivity index (χ1n) is 7.32. The van der Waals surface area contributed by atoms with Gasteiger partial charge in [-0.05, 0) is 12.0 Å². The molecule has 0 radical (unpaired) electrons. The molecule has 0 saturated heterocycles. The minimum absolute atomic E-state index is 0.0700. The smallest absolute Gasteiger partial charge is 0.0656 e. The summed E-state index contributed by atoms with van der Waals surface area (Å²) in [5.41, 5.74) is 6.64. The van der Waals surface area contributed by atoms with Gasteiger partial charge in [0.25, 0.3) is 0 Å².